The zero-order valence-corrected chi connectivity index (χ0v) is 33.3. The highest BCUT2D eigenvalue weighted by Crippen LogP contribution is 2.60. The van der Waals surface area contributed by atoms with Gasteiger partial charge in [-0.15, -0.1) is 0 Å². The number of fused-ring (bicyclic) bond motifs is 6. The Morgan fingerprint density at radius 1 is 0.400 bits per heavy atom. The lowest BCUT2D eigenvalue weighted by atomic mass is 9.48. The SMILES string of the molecule is c1ccc(-c2cc(-c3cc(-c4ccc(C56CC7CC(CC(C7)C5)C6)cc4)nc(-c4ccc5c(c4)oc4ccccc45)n3)ccc2-c2cccc3oc4ccccc4c23)cc1. The van der Waals surface area contributed by atoms with Crippen LogP contribution in [0.3, 0.4) is 0 Å². The number of furan rings is 2. The maximum atomic E-state index is 6.37. The molecule has 4 heteroatoms. The number of benzene rings is 7. The quantitative estimate of drug-likeness (QED) is 0.169. The fourth-order valence-electron chi connectivity index (χ4n) is 12.0. The van der Waals surface area contributed by atoms with Crippen LogP contribution in [0.25, 0.3) is 100 Å². The van der Waals surface area contributed by atoms with Crippen molar-refractivity contribution >= 4 is 43.9 Å². The van der Waals surface area contributed by atoms with E-state index in [4.69, 9.17) is 18.8 Å². The van der Waals surface area contributed by atoms with E-state index >= 15 is 0 Å². The molecule has 0 N–H and O–H groups in total. The molecule has 0 atom stereocenters. The molecule has 0 radical (unpaired) electrons. The standard InChI is InChI=1S/C56H42N2O2/c1-2-9-37(10-3-1)47-28-39(19-23-42(47)45-13-8-16-52-54(45)46-12-5-7-15-51(46)59-52)49-30-48(38-17-21-41(22-18-38)56-31-34-25-35(32-56)27-36(26-34)33-56)57-55(58-49)40-20-24-44-43-11-4-6-14-50(43)60-53(44)29-40/h1-24,28-30,34-36H,25-27,31-33H2. The molecular formula is C56H42N2O2. The van der Waals surface area contributed by atoms with Gasteiger partial charge in [-0.25, -0.2) is 9.97 Å². The molecule has 288 valence electrons. The highest BCUT2D eigenvalue weighted by atomic mass is 16.3. The van der Waals surface area contributed by atoms with Gasteiger partial charge in [-0.05, 0) is 132 Å². The fourth-order valence-corrected chi connectivity index (χ4v) is 12.0. The van der Waals surface area contributed by atoms with E-state index < -0.39 is 0 Å². The summed E-state index contributed by atoms with van der Waals surface area (Å²) in [4.78, 5) is 10.7. The van der Waals surface area contributed by atoms with Crippen LogP contribution < -0.4 is 0 Å². The van der Waals surface area contributed by atoms with Gasteiger partial charge in [0.1, 0.15) is 22.3 Å². The average molecular weight is 775 g/mol. The Balaban J connectivity index is 0.974. The van der Waals surface area contributed by atoms with Crippen LogP contribution in [-0.4, -0.2) is 9.97 Å². The number of para-hydroxylation sites is 2. The number of hydrogen-bond acceptors (Lipinski definition) is 4. The van der Waals surface area contributed by atoms with E-state index in [9.17, 15) is 0 Å². The van der Waals surface area contributed by atoms with Crippen molar-refractivity contribution < 1.29 is 8.83 Å². The average Bonchev–Trinajstić information content (AvgIpc) is 3.87. The molecule has 4 bridgehead atoms. The summed E-state index contributed by atoms with van der Waals surface area (Å²) in [5, 5.41) is 4.45. The van der Waals surface area contributed by atoms with Crippen LogP contribution in [0, 0.1) is 17.8 Å². The Bertz CT molecular complexity index is 3260. The summed E-state index contributed by atoms with van der Waals surface area (Å²) >= 11 is 0. The Kier molecular flexibility index (Phi) is 7.46. The maximum absolute atomic E-state index is 6.37. The number of hydrogen-bond donors (Lipinski definition) is 0. The third kappa shape index (κ3) is 5.43. The molecule has 60 heavy (non-hydrogen) atoms. The van der Waals surface area contributed by atoms with Gasteiger partial charge in [0, 0.05) is 38.2 Å². The van der Waals surface area contributed by atoms with Crippen LogP contribution >= 0.6 is 0 Å². The molecule has 0 unspecified atom stereocenters. The molecule has 7 aromatic carbocycles. The van der Waals surface area contributed by atoms with Gasteiger partial charge in [0.05, 0.1) is 11.4 Å². The first kappa shape index (κ1) is 34.1. The predicted molar refractivity (Wildman–Crippen MR) is 244 cm³/mol. The molecule has 4 aliphatic carbocycles. The Morgan fingerprint density at radius 2 is 1.00 bits per heavy atom. The van der Waals surface area contributed by atoms with E-state index in [0.717, 1.165) is 112 Å². The molecule has 14 rings (SSSR count). The minimum Gasteiger partial charge on any atom is -0.456 e. The predicted octanol–water partition coefficient (Wildman–Crippen LogP) is 15.1. The van der Waals surface area contributed by atoms with Crippen molar-refractivity contribution in [2.75, 3.05) is 0 Å². The largest absolute Gasteiger partial charge is 0.456 e. The second-order valence-corrected chi connectivity index (χ2v) is 17.9. The molecule has 4 fully saturated rings. The molecular weight excluding hydrogens is 733 g/mol. The lowest BCUT2D eigenvalue weighted by Crippen LogP contribution is -2.48. The summed E-state index contributed by atoms with van der Waals surface area (Å²) in [6.45, 7) is 0. The van der Waals surface area contributed by atoms with Gasteiger partial charge in [-0.3, -0.25) is 0 Å². The zero-order valence-electron chi connectivity index (χ0n) is 33.3. The van der Waals surface area contributed by atoms with Gasteiger partial charge < -0.3 is 8.83 Å². The smallest absolute Gasteiger partial charge is 0.160 e. The van der Waals surface area contributed by atoms with E-state index in [1.807, 2.05) is 24.3 Å². The van der Waals surface area contributed by atoms with E-state index in [1.165, 1.54) is 44.1 Å². The highest BCUT2D eigenvalue weighted by Gasteiger charge is 2.51. The van der Waals surface area contributed by atoms with Crippen LogP contribution in [-0.2, 0) is 5.41 Å². The molecule has 4 nitrogen and oxygen atoms in total. The number of nitrogens with zero attached hydrogens (tertiary/aromatic N) is 2. The van der Waals surface area contributed by atoms with Gasteiger partial charge in [-0.1, -0.05) is 121 Å². The van der Waals surface area contributed by atoms with E-state index in [0.29, 0.717) is 11.2 Å². The van der Waals surface area contributed by atoms with E-state index in [2.05, 4.69) is 140 Å². The fraction of sp³-hybridized carbons (Fsp3) is 0.179. The molecule has 4 aliphatic rings. The summed E-state index contributed by atoms with van der Waals surface area (Å²) in [6.07, 6.45) is 8.42. The van der Waals surface area contributed by atoms with Gasteiger partial charge >= 0.3 is 0 Å². The zero-order chi connectivity index (χ0) is 39.4. The van der Waals surface area contributed by atoms with Gasteiger partial charge in [0.2, 0.25) is 0 Å². The maximum Gasteiger partial charge on any atom is 0.160 e. The summed E-state index contributed by atoms with van der Waals surface area (Å²) in [7, 11) is 0. The molecule has 0 amide bonds. The summed E-state index contributed by atoms with van der Waals surface area (Å²) in [6, 6.07) is 58.5. The second-order valence-electron chi connectivity index (χ2n) is 17.9. The third-order valence-electron chi connectivity index (χ3n) is 14.3. The van der Waals surface area contributed by atoms with Crippen molar-refractivity contribution in [2.24, 2.45) is 17.8 Å². The Morgan fingerprint density at radius 3 is 1.77 bits per heavy atom. The van der Waals surface area contributed by atoms with Crippen LogP contribution in [0.15, 0.2) is 173 Å². The van der Waals surface area contributed by atoms with Crippen LogP contribution in [0.2, 0.25) is 0 Å². The lowest BCUT2D eigenvalue weighted by molar-refractivity contribution is -0.00518. The molecule has 0 aliphatic heterocycles. The normalized spacial score (nSPS) is 20.8. The molecule has 10 aromatic rings. The van der Waals surface area contributed by atoms with Crippen molar-refractivity contribution in [2.45, 2.75) is 43.9 Å². The first-order valence-electron chi connectivity index (χ1n) is 21.6. The van der Waals surface area contributed by atoms with E-state index in [-0.39, 0.29) is 0 Å². The second kappa shape index (κ2) is 13.1. The van der Waals surface area contributed by atoms with Crippen molar-refractivity contribution in [3.05, 3.63) is 169 Å². The third-order valence-corrected chi connectivity index (χ3v) is 14.3. The van der Waals surface area contributed by atoms with Crippen LogP contribution in [0.5, 0.6) is 0 Å². The van der Waals surface area contributed by atoms with Crippen molar-refractivity contribution in [1.82, 2.24) is 9.97 Å². The summed E-state index contributed by atoms with van der Waals surface area (Å²) in [5.74, 6) is 3.40. The Labute approximate surface area is 348 Å². The van der Waals surface area contributed by atoms with Crippen LogP contribution in [0.4, 0.5) is 0 Å². The number of rotatable bonds is 6. The molecule has 4 saturated carbocycles. The van der Waals surface area contributed by atoms with Crippen molar-refractivity contribution in [1.29, 1.82) is 0 Å². The topological polar surface area (TPSA) is 52.1 Å². The Hall–Kier alpha value is -6.78. The minimum absolute atomic E-state index is 0.347. The van der Waals surface area contributed by atoms with Crippen LogP contribution in [0.1, 0.15) is 44.1 Å². The first-order chi connectivity index (χ1) is 29.6. The lowest BCUT2D eigenvalue weighted by Gasteiger charge is -2.57. The molecule has 0 spiro atoms. The summed E-state index contributed by atoms with van der Waals surface area (Å²) < 4.78 is 12.7. The highest BCUT2D eigenvalue weighted by molar-refractivity contribution is 6.14. The number of aromatic nitrogens is 2. The van der Waals surface area contributed by atoms with Gasteiger partial charge in [-0.2, -0.15) is 0 Å². The van der Waals surface area contributed by atoms with Crippen molar-refractivity contribution in [3.8, 4) is 56.2 Å². The van der Waals surface area contributed by atoms with E-state index in [1.54, 1.807) is 0 Å². The molecule has 0 saturated heterocycles. The van der Waals surface area contributed by atoms with Gasteiger partial charge in [0.15, 0.2) is 5.82 Å². The molecule has 3 heterocycles. The van der Waals surface area contributed by atoms with Gasteiger partial charge in [0.25, 0.3) is 0 Å². The molecule has 3 aromatic heterocycles. The first-order valence-corrected chi connectivity index (χ1v) is 21.6. The minimum atomic E-state index is 0.347. The monoisotopic (exact) mass is 774 g/mol. The summed E-state index contributed by atoms with van der Waals surface area (Å²) in [5.41, 5.74) is 14.8. The van der Waals surface area contributed by atoms with Crippen molar-refractivity contribution in [3.63, 3.8) is 0 Å².